The Labute approximate surface area is 186 Å². The van der Waals surface area contributed by atoms with E-state index < -0.39 is 0 Å². The van der Waals surface area contributed by atoms with Gasteiger partial charge in [0, 0.05) is 34.4 Å². The molecule has 0 bridgehead atoms. The van der Waals surface area contributed by atoms with Gasteiger partial charge in [-0.3, -0.25) is 9.59 Å². The standard InChI is InChI=1S/C25H23ClN2O3/c1-16-12-19-7-6-17(15-27-24(29)20-4-3-5-21(26)14-20)13-23(19)28(16)25(30)18-8-10-22(31-2)11-9-18/h3-11,13-14,16H,12,15H2,1-2H3,(H,27,29). The van der Waals surface area contributed by atoms with Crippen LogP contribution in [0.3, 0.4) is 0 Å². The molecule has 0 saturated carbocycles. The predicted molar refractivity (Wildman–Crippen MR) is 122 cm³/mol. The van der Waals surface area contributed by atoms with Crippen LogP contribution in [0.1, 0.15) is 38.8 Å². The number of anilines is 1. The van der Waals surface area contributed by atoms with Gasteiger partial charge in [-0.25, -0.2) is 0 Å². The minimum atomic E-state index is -0.192. The lowest BCUT2D eigenvalue weighted by Crippen LogP contribution is -2.35. The number of halogens is 1. The maximum absolute atomic E-state index is 13.2. The lowest BCUT2D eigenvalue weighted by molar-refractivity contribution is 0.0948. The van der Waals surface area contributed by atoms with Crippen LogP contribution >= 0.6 is 11.6 Å². The van der Waals surface area contributed by atoms with E-state index in [-0.39, 0.29) is 17.9 Å². The fourth-order valence-corrected chi connectivity index (χ4v) is 4.05. The monoisotopic (exact) mass is 434 g/mol. The topological polar surface area (TPSA) is 58.6 Å². The average molecular weight is 435 g/mol. The summed E-state index contributed by atoms with van der Waals surface area (Å²) >= 11 is 5.97. The van der Waals surface area contributed by atoms with Crippen LogP contribution in [-0.2, 0) is 13.0 Å². The number of rotatable bonds is 5. The van der Waals surface area contributed by atoms with Crippen molar-refractivity contribution < 1.29 is 14.3 Å². The van der Waals surface area contributed by atoms with E-state index in [1.807, 2.05) is 30.0 Å². The van der Waals surface area contributed by atoms with Gasteiger partial charge in [-0.05, 0) is 73.0 Å². The molecule has 1 atom stereocenters. The second kappa shape index (κ2) is 8.82. The van der Waals surface area contributed by atoms with Crippen molar-refractivity contribution in [3.63, 3.8) is 0 Å². The molecule has 0 radical (unpaired) electrons. The highest BCUT2D eigenvalue weighted by Crippen LogP contribution is 2.34. The zero-order valence-electron chi connectivity index (χ0n) is 17.4. The van der Waals surface area contributed by atoms with E-state index in [0.717, 1.165) is 23.2 Å². The van der Waals surface area contributed by atoms with E-state index in [1.165, 1.54) is 0 Å². The minimum absolute atomic E-state index is 0.0472. The van der Waals surface area contributed by atoms with Crippen LogP contribution < -0.4 is 15.0 Å². The number of benzene rings is 3. The smallest absolute Gasteiger partial charge is 0.258 e. The first kappa shape index (κ1) is 20.9. The van der Waals surface area contributed by atoms with Crippen LogP contribution in [0.25, 0.3) is 0 Å². The van der Waals surface area contributed by atoms with Gasteiger partial charge in [0.05, 0.1) is 7.11 Å². The van der Waals surface area contributed by atoms with Crippen LogP contribution in [0.2, 0.25) is 5.02 Å². The van der Waals surface area contributed by atoms with Gasteiger partial charge in [0.25, 0.3) is 11.8 Å². The van der Waals surface area contributed by atoms with Crippen molar-refractivity contribution in [2.24, 2.45) is 0 Å². The van der Waals surface area contributed by atoms with Crippen molar-refractivity contribution in [3.8, 4) is 5.75 Å². The van der Waals surface area contributed by atoms with Crippen LogP contribution in [-0.4, -0.2) is 25.0 Å². The first-order valence-corrected chi connectivity index (χ1v) is 10.5. The molecule has 1 heterocycles. The molecule has 0 saturated heterocycles. The number of hydrogen-bond donors (Lipinski definition) is 1. The second-order valence-electron chi connectivity index (χ2n) is 7.61. The summed E-state index contributed by atoms with van der Waals surface area (Å²) in [7, 11) is 1.60. The fourth-order valence-electron chi connectivity index (χ4n) is 3.86. The average Bonchev–Trinajstić information content (AvgIpc) is 3.12. The third kappa shape index (κ3) is 4.42. The number of carbonyl (C=O) groups is 2. The van der Waals surface area contributed by atoms with E-state index in [0.29, 0.717) is 28.4 Å². The molecule has 4 rings (SSSR count). The number of hydrogen-bond acceptors (Lipinski definition) is 3. The molecule has 0 fully saturated rings. The van der Waals surface area contributed by atoms with Gasteiger partial charge in [-0.1, -0.05) is 29.8 Å². The maximum atomic E-state index is 13.2. The van der Waals surface area contributed by atoms with Crippen molar-refractivity contribution >= 4 is 29.1 Å². The molecule has 5 nitrogen and oxygen atoms in total. The quantitative estimate of drug-likeness (QED) is 0.623. The van der Waals surface area contributed by atoms with Crippen LogP contribution in [0.4, 0.5) is 5.69 Å². The molecular formula is C25H23ClN2O3. The highest BCUT2D eigenvalue weighted by molar-refractivity contribution is 6.30. The Morgan fingerprint density at radius 1 is 1.06 bits per heavy atom. The van der Waals surface area contributed by atoms with Gasteiger partial charge < -0.3 is 15.0 Å². The lowest BCUT2D eigenvalue weighted by Gasteiger charge is -2.23. The number of carbonyl (C=O) groups excluding carboxylic acids is 2. The van der Waals surface area contributed by atoms with Crippen molar-refractivity contribution in [3.05, 3.63) is 94.0 Å². The Bertz CT molecular complexity index is 1130. The van der Waals surface area contributed by atoms with Crippen LogP contribution in [0.5, 0.6) is 5.75 Å². The lowest BCUT2D eigenvalue weighted by atomic mass is 10.1. The van der Waals surface area contributed by atoms with E-state index in [4.69, 9.17) is 16.3 Å². The minimum Gasteiger partial charge on any atom is -0.497 e. The highest BCUT2D eigenvalue weighted by atomic mass is 35.5. The molecule has 0 aromatic heterocycles. The summed E-state index contributed by atoms with van der Waals surface area (Å²) in [6.45, 7) is 2.40. The maximum Gasteiger partial charge on any atom is 0.258 e. The van der Waals surface area contributed by atoms with E-state index in [9.17, 15) is 9.59 Å². The Morgan fingerprint density at radius 3 is 2.55 bits per heavy atom. The van der Waals surface area contributed by atoms with Crippen LogP contribution in [0, 0.1) is 0 Å². The summed E-state index contributed by atoms with van der Waals surface area (Å²) in [4.78, 5) is 27.5. The molecule has 0 spiro atoms. The normalized spacial score (nSPS) is 14.8. The van der Waals surface area contributed by atoms with Gasteiger partial charge >= 0.3 is 0 Å². The molecule has 6 heteroatoms. The third-order valence-corrected chi connectivity index (χ3v) is 5.70. The fraction of sp³-hybridized carbons (Fsp3) is 0.200. The zero-order valence-corrected chi connectivity index (χ0v) is 18.1. The molecule has 1 N–H and O–H groups in total. The number of nitrogens with zero attached hydrogens (tertiary/aromatic N) is 1. The first-order valence-electron chi connectivity index (χ1n) is 10.1. The van der Waals surface area contributed by atoms with E-state index in [1.54, 1.807) is 55.6 Å². The number of amides is 2. The summed E-state index contributed by atoms with van der Waals surface area (Å²) < 4.78 is 5.19. The summed E-state index contributed by atoms with van der Waals surface area (Å²) in [6, 6.07) is 20.0. The summed E-state index contributed by atoms with van der Waals surface area (Å²) in [6.07, 6.45) is 0.798. The van der Waals surface area contributed by atoms with Crippen molar-refractivity contribution in [2.75, 3.05) is 12.0 Å². The molecule has 31 heavy (non-hydrogen) atoms. The number of fused-ring (bicyclic) bond motifs is 1. The van der Waals surface area contributed by atoms with E-state index >= 15 is 0 Å². The molecule has 1 aliphatic heterocycles. The Morgan fingerprint density at radius 2 is 1.84 bits per heavy atom. The van der Waals surface area contributed by atoms with Gasteiger partial charge in [0.2, 0.25) is 0 Å². The van der Waals surface area contributed by atoms with Gasteiger partial charge in [-0.2, -0.15) is 0 Å². The van der Waals surface area contributed by atoms with Crippen molar-refractivity contribution in [2.45, 2.75) is 25.9 Å². The molecule has 3 aromatic rings. The number of nitrogens with one attached hydrogen (secondary N) is 1. The molecule has 2 amide bonds. The summed E-state index contributed by atoms with van der Waals surface area (Å²) in [5.74, 6) is 0.473. The van der Waals surface area contributed by atoms with Crippen molar-refractivity contribution in [1.82, 2.24) is 5.32 Å². The Balaban J connectivity index is 1.52. The third-order valence-electron chi connectivity index (χ3n) is 5.46. The van der Waals surface area contributed by atoms with Gasteiger partial charge in [0.15, 0.2) is 0 Å². The largest absolute Gasteiger partial charge is 0.497 e. The van der Waals surface area contributed by atoms with Crippen LogP contribution in [0.15, 0.2) is 66.7 Å². The SMILES string of the molecule is COc1ccc(C(=O)N2c3cc(CNC(=O)c4cccc(Cl)c4)ccc3CC2C)cc1. The van der Waals surface area contributed by atoms with Gasteiger partial charge in [-0.15, -0.1) is 0 Å². The van der Waals surface area contributed by atoms with Crippen molar-refractivity contribution in [1.29, 1.82) is 0 Å². The molecule has 1 aliphatic rings. The molecular weight excluding hydrogens is 412 g/mol. The number of methoxy groups -OCH3 is 1. The molecule has 0 aliphatic carbocycles. The Kier molecular flexibility index (Phi) is 5.96. The number of ether oxygens (including phenoxy) is 1. The highest BCUT2D eigenvalue weighted by Gasteiger charge is 2.31. The van der Waals surface area contributed by atoms with Gasteiger partial charge in [0.1, 0.15) is 5.75 Å². The zero-order chi connectivity index (χ0) is 22.0. The molecule has 158 valence electrons. The summed E-state index contributed by atoms with van der Waals surface area (Å²) in [5, 5.41) is 3.44. The summed E-state index contributed by atoms with van der Waals surface area (Å²) in [5.41, 5.74) is 4.07. The molecule has 3 aromatic carbocycles. The second-order valence-corrected chi connectivity index (χ2v) is 8.05. The van der Waals surface area contributed by atoms with E-state index in [2.05, 4.69) is 5.32 Å². The first-order chi connectivity index (χ1) is 15.0. The predicted octanol–water partition coefficient (Wildman–Crippen LogP) is 4.87. The molecule has 1 unspecified atom stereocenters. The Hall–Kier alpha value is -3.31.